The average Bonchev–Trinajstić information content (AvgIpc) is 3.41. The van der Waals surface area contributed by atoms with E-state index in [1.165, 1.54) is 10.9 Å². The number of hydrogen-bond acceptors (Lipinski definition) is 4. The van der Waals surface area contributed by atoms with Gasteiger partial charge in [-0.15, -0.1) is 0 Å². The summed E-state index contributed by atoms with van der Waals surface area (Å²) in [5.41, 5.74) is 4.24. The molecule has 1 N–H and O–H groups in total. The number of pyridine rings is 1. The molecule has 0 amide bonds. The third-order valence-corrected chi connectivity index (χ3v) is 5.02. The molecule has 1 aromatic carbocycles. The molecule has 1 fully saturated rings. The number of aryl methyl sites for hydroxylation is 1. The Kier molecular flexibility index (Phi) is 3.57. The molecule has 1 aliphatic rings. The number of aromatic nitrogens is 5. The molecule has 1 atom stereocenters. The van der Waals surface area contributed by atoms with Crippen LogP contribution in [0.2, 0.25) is 0 Å². The maximum Gasteiger partial charge on any atom is 0.180 e. The number of fused-ring (bicyclic) bond motifs is 1. The maximum atomic E-state index is 5.54. The van der Waals surface area contributed by atoms with Gasteiger partial charge in [0.05, 0.1) is 18.0 Å². The summed E-state index contributed by atoms with van der Waals surface area (Å²) in [4.78, 5) is 12.6. The van der Waals surface area contributed by atoms with Crippen LogP contribution in [-0.2, 0) is 4.74 Å². The molecule has 0 radical (unpaired) electrons. The van der Waals surface area contributed by atoms with Crippen molar-refractivity contribution in [3.8, 4) is 17.2 Å². The highest BCUT2D eigenvalue weighted by Gasteiger charge is 2.26. The van der Waals surface area contributed by atoms with Gasteiger partial charge in [-0.2, -0.15) is 5.10 Å². The lowest BCUT2D eigenvalue weighted by Gasteiger charge is -2.05. The van der Waals surface area contributed by atoms with Gasteiger partial charge < -0.3 is 9.72 Å². The van der Waals surface area contributed by atoms with Gasteiger partial charge in [-0.25, -0.2) is 9.67 Å². The molecule has 130 valence electrons. The van der Waals surface area contributed by atoms with Crippen molar-refractivity contribution in [1.29, 1.82) is 0 Å². The molecular weight excluding hydrogens is 326 g/mol. The summed E-state index contributed by atoms with van der Waals surface area (Å²) < 4.78 is 7.45. The lowest BCUT2D eigenvalue weighted by Crippen LogP contribution is -2.03. The Morgan fingerprint density at radius 3 is 2.77 bits per heavy atom. The molecule has 26 heavy (non-hydrogen) atoms. The van der Waals surface area contributed by atoms with Crippen molar-refractivity contribution in [2.24, 2.45) is 0 Å². The molecule has 6 heteroatoms. The number of nitrogens with one attached hydrogen (secondary N) is 1. The maximum absolute atomic E-state index is 5.54. The van der Waals surface area contributed by atoms with E-state index in [1.54, 1.807) is 12.4 Å². The highest BCUT2D eigenvalue weighted by Crippen LogP contribution is 2.32. The van der Waals surface area contributed by atoms with Crippen LogP contribution < -0.4 is 0 Å². The first-order valence-corrected chi connectivity index (χ1v) is 8.84. The Labute approximate surface area is 150 Å². The molecule has 0 saturated carbocycles. The Hall–Kier alpha value is -2.99. The molecule has 6 nitrogen and oxygen atoms in total. The van der Waals surface area contributed by atoms with Crippen LogP contribution >= 0.6 is 0 Å². The normalized spacial score (nSPS) is 17.2. The summed E-state index contributed by atoms with van der Waals surface area (Å²) >= 11 is 0. The molecule has 0 aliphatic carbocycles. The summed E-state index contributed by atoms with van der Waals surface area (Å²) in [7, 11) is 0. The second-order valence-electron chi connectivity index (χ2n) is 6.64. The zero-order valence-corrected chi connectivity index (χ0v) is 14.5. The highest BCUT2D eigenvalue weighted by atomic mass is 16.5. The van der Waals surface area contributed by atoms with Crippen molar-refractivity contribution in [2.45, 2.75) is 19.3 Å². The summed E-state index contributed by atoms with van der Waals surface area (Å²) in [6.07, 6.45) is 4.51. The molecule has 1 aliphatic heterocycles. The lowest BCUT2D eigenvalue weighted by atomic mass is 10.1. The van der Waals surface area contributed by atoms with E-state index in [4.69, 9.17) is 14.8 Å². The molecule has 4 heterocycles. The number of aromatic amines is 1. The van der Waals surface area contributed by atoms with E-state index < -0.39 is 0 Å². The van der Waals surface area contributed by atoms with Crippen LogP contribution in [0.15, 0.2) is 48.8 Å². The van der Waals surface area contributed by atoms with Crippen molar-refractivity contribution >= 4 is 10.9 Å². The topological polar surface area (TPSA) is 68.6 Å². The minimum atomic E-state index is 0.251. The molecule has 0 bridgehead atoms. The van der Waals surface area contributed by atoms with Crippen molar-refractivity contribution < 1.29 is 4.74 Å². The minimum Gasteiger partial charge on any atom is -0.381 e. The number of rotatable bonds is 3. The first-order valence-electron chi connectivity index (χ1n) is 8.84. The number of ether oxygens (including phenoxy) is 1. The third-order valence-electron chi connectivity index (χ3n) is 5.02. The van der Waals surface area contributed by atoms with Gasteiger partial charge >= 0.3 is 0 Å². The van der Waals surface area contributed by atoms with Crippen LogP contribution in [0.1, 0.15) is 23.7 Å². The first-order chi connectivity index (χ1) is 12.8. The number of para-hydroxylation sites is 1. The Balaban J connectivity index is 1.72. The number of hydrogen-bond donors (Lipinski definition) is 1. The Bertz CT molecular complexity index is 1060. The summed E-state index contributed by atoms with van der Waals surface area (Å²) in [6, 6.07) is 12.2. The molecule has 3 aromatic heterocycles. The van der Waals surface area contributed by atoms with Gasteiger partial charge in [0, 0.05) is 35.8 Å². The monoisotopic (exact) mass is 345 g/mol. The molecular formula is C20H19N5O. The van der Waals surface area contributed by atoms with Crippen LogP contribution in [0.25, 0.3) is 28.1 Å². The zero-order valence-electron chi connectivity index (χ0n) is 14.5. The van der Waals surface area contributed by atoms with Crippen LogP contribution in [0.3, 0.4) is 0 Å². The predicted octanol–water partition coefficient (Wildman–Crippen LogP) is 3.62. The van der Waals surface area contributed by atoms with Crippen molar-refractivity contribution in [2.75, 3.05) is 13.2 Å². The number of H-pyrrole nitrogens is 1. The summed E-state index contributed by atoms with van der Waals surface area (Å²) in [5, 5.41) is 6.03. The molecule has 0 unspecified atom stereocenters. The number of benzene rings is 1. The van der Waals surface area contributed by atoms with Crippen molar-refractivity contribution in [1.82, 2.24) is 24.7 Å². The van der Waals surface area contributed by atoms with Gasteiger partial charge in [0.15, 0.2) is 11.6 Å². The quantitative estimate of drug-likeness (QED) is 0.616. The largest absolute Gasteiger partial charge is 0.381 e. The summed E-state index contributed by atoms with van der Waals surface area (Å²) in [6.45, 7) is 3.58. The molecule has 0 spiro atoms. The SMILES string of the molecule is Cc1c(-c2nc([C@H]3CCOC3)nn2-c2ccncc2)[nH]c2ccccc12. The Morgan fingerprint density at radius 2 is 2.00 bits per heavy atom. The van der Waals surface area contributed by atoms with Crippen LogP contribution in [0, 0.1) is 6.92 Å². The van der Waals surface area contributed by atoms with Gasteiger partial charge in [-0.05, 0) is 37.1 Å². The van der Waals surface area contributed by atoms with Gasteiger partial charge in [0.2, 0.25) is 0 Å². The Morgan fingerprint density at radius 1 is 1.15 bits per heavy atom. The van der Waals surface area contributed by atoms with Gasteiger partial charge in [-0.1, -0.05) is 18.2 Å². The fraction of sp³-hybridized carbons (Fsp3) is 0.250. The van der Waals surface area contributed by atoms with Crippen LogP contribution in [0.4, 0.5) is 0 Å². The second kappa shape index (κ2) is 6.07. The minimum absolute atomic E-state index is 0.251. The summed E-state index contributed by atoms with van der Waals surface area (Å²) in [5.74, 6) is 1.92. The van der Waals surface area contributed by atoms with E-state index in [0.717, 1.165) is 41.6 Å². The van der Waals surface area contributed by atoms with Gasteiger partial charge in [0.25, 0.3) is 0 Å². The van der Waals surface area contributed by atoms with E-state index in [0.29, 0.717) is 6.61 Å². The second-order valence-corrected chi connectivity index (χ2v) is 6.64. The molecule has 4 aromatic rings. The molecule has 1 saturated heterocycles. The van der Waals surface area contributed by atoms with E-state index in [9.17, 15) is 0 Å². The van der Waals surface area contributed by atoms with E-state index >= 15 is 0 Å². The van der Waals surface area contributed by atoms with Crippen LogP contribution in [0.5, 0.6) is 0 Å². The van der Waals surface area contributed by atoms with E-state index in [-0.39, 0.29) is 5.92 Å². The van der Waals surface area contributed by atoms with E-state index in [2.05, 4.69) is 35.1 Å². The van der Waals surface area contributed by atoms with Crippen LogP contribution in [-0.4, -0.2) is 37.9 Å². The highest BCUT2D eigenvalue weighted by molar-refractivity contribution is 5.89. The fourth-order valence-corrected chi connectivity index (χ4v) is 3.57. The predicted molar refractivity (Wildman–Crippen MR) is 99.4 cm³/mol. The van der Waals surface area contributed by atoms with E-state index in [1.807, 2.05) is 22.9 Å². The van der Waals surface area contributed by atoms with Gasteiger partial charge in [-0.3, -0.25) is 4.98 Å². The average molecular weight is 345 g/mol. The third kappa shape index (κ3) is 2.42. The van der Waals surface area contributed by atoms with Crippen molar-refractivity contribution in [3.63, 3.8) is 0 Å². The number of nitrogens with zero attached hydrogens (tertiary/aromatic N) is 4. The first kappa shape index (κ1) is 15.3. The lowest BCUT2D eigenvalue weighted by molar-refractivity contribution is 0.193. The molecule has 5 rings (SSSR count). The van der Waals surface area contributed by atoms with Crippen molar-refractivity contribution in [3.05, 3.63) is 60.2 Å². The standard InChI is InChI=1S/C20H19N5O/c1-13-16-4-2-3-5-17(16)22-18(13)20-23-19(14-8-11-26-12-14)24-25(20)15-6-9-21-10-7-15/h2-7,9-10,14,22H,8,11-12H2,1H3/t14-/m0/s1. The smallest absolute Gasteiger partial charge is 0.180 e. The van der Waals surface area contributed by atoms with Gasteiger partial charge in [0.1, 0.15) is 0 Å². The fourth-order valence-electron chi connectivity index (χ4n) is 3.57. The zero-order chi connectivity index (χ0) is 17.5.